The smallest absolute Gasteiger partial charge is 0.220 e. The molecule has 0 aromatic rings. The lowest BCUT2D eigenvalue weighted by molar-refractivity contribution is -0.119. The molecule has 0 bridgehead atoms. The Labute approximate surface area is 65.4 Å². The Kier molecular flexibility index (Phi) is 2.62. The third-order valence-electron chi connectivity index (χ3n) is 1.86. The highest BCUT2D eigenvalue weighted by atomic mass is 16.6. The Morgan fingerprint density at radius 3 is 3.00 bits per heavy atom. The fourth-order valence-electron chi connectivity index (χ4n) is 1.22. The van der Waals surface area contributed by atoms with E-state index in [1.165, 1.54) is 0 Å². The molecule has 0 radical (unpaired) electrons. The first-order valence-electron chi connectivity index (χ1n) is 3.52. The van der Waals surface area contributed by atoms with E-state index in [-0.39, 0.29) is 17.9 Å². The average Bonchev–Trinajstić information content (AvgIpc) is 2.39. The van der Waals surface area contributed by atoms with Crippen LogP contribution in [0.25, 0.3) is 0 Å². The molecule has 4 nitrogen and oxygen atoms in total. The second-order valence-electron chi connectivity index (χ2n) is 2.60. The molecule has 1 aliphatic rings. The van der Waals surface area contributed by atoms with E-state index in [2.05, 4.69) is 16.7 Å². The zero-order chi connectivity index (χ0) is 8.27. The van der Waals surface area contributed by atoms with E-state index < -0.39 is 0 Å². The van der Waals surface area contributed by atoms with Crippen molar-refractivity contribution in [1.29, 1.82) is 0 Å². The number of carbonyl (C=O) groups excluding carboxylic acids is 1. The molecule has 2 atom stereocenters. The van der Waals surface area contributed by atoms with Gasteiger partial charge in [-0.2, -0.15) is 0 Å². The standard InChI is InChI=1S/C7H12N2O2/c1-2-6(11-8)5-3-7(10)9-4-5/h2,5-6H,1,3-4,8H2,(H,9,10). The van der Waals surface area contributed by atoms with Gasteiger partial charge >= 0.3 is 0 Å². The minimum absolute atomic E-state index is 0.0545. The van der Waals surface area contributed by atoms with E-state index in [0.717, 1.165) is 0 Å². The molecule has 62 valence electrons. The first-order valence-corrected chi connectivity index (χ1v) is 3.52. The van der Waals surface area contributed by atoms with Crippen LogP contribution in [0, 0.1) is 5.92 Å². The highest BCUT2D eigenvalue weighted by Crippen LogP contribution is 2.15. The molecule has 0 aromatic carbocycles. The average molecular weight is 156 g/mol. The maximum Gasteiger partial charge on any atom is 0.220 e. The number of rotatable bonds is 3. The summed E-state index contributed by atoms with van der Waals surface area (Å²) in [5, 5.41) is 2.70. The summed E-state index contributed by atoms with van der Waals surface area (Å²) in [4.78, 5) is 15.4. The molecule has 0 aromatic heterocycles. The molecule has 1 rings (SSSR count). The maximum absolute atomic E-state index is 10.7. The Balaban J connectivity index is 2.46. The molecular weight excluding hydrogens is 144 g/mol. The minimum atomic E-state index is -0.214. The predicted octanol–water partition coefficient (Wildman–Crippen LogP) is -0.433. The van der Waals surface area contributed by atoms with Gasteiger partial charge in [-0.3, -0.25) is 9.63 Å². The van der Waals surface area contributed by atoms with Gasteiger partial charge in [0.15, 0.2) is 0 Å². The number of hydrogen-bond donors (Lipinski definition) is 2. The normalized spacial score (nSPS) is 26.3. The Morgan fingerprint density at radius 1 is 1.91 bits per heavy atom. The van der Waals surface area contributed by atoms with Crippen molar-refractivity contribution in [2.75, 3.05) is 6.54 Å². The molecule has 4 heteroatoms. The molecule has 3 N–H and O–H groups in total. The topological polar surface area (TPSA) is 64.3 Å². The number of carbonyl (C=O) groups is 1. The van der Waals surface area contributed by atoms with E-state index in [4.69, 9.17) is 5.90 Å². The monoisotopic (exact) mass is 156 g/mol. The van der Waals surface area contributed by atoms with Crippen molar-refractivity contribution in [1.82, 2.24) is 5.32 Å². The van der Waals surface area contributed by atoms with Crippen LogP contribution in [0.2, 0.25) is 0 Å². The van der Waals surface area contributed by atoms with Crippen LogP contribution in [0.3, 0.4) is 0 Å². The Morgan fingerprint density at radius 2 is 2.64 bits per heavy atom. The Hall–Kier alpha value is -0.870. The minimum Gasteiger partial charge on any atom is -0.356 e. The van der Waals surface area contributed by atoms with Crippen LogP contribution in [0.15, 0.2) is 12.7 Å². The van der Waals surface area contributed by atoms with Gasteiger partial charge in [-0.15, -0.1) is 6.58 Å². The molecular formula is C7H12N2O2. The maximum atomic E-state index is 10.7. The number of nitrogens with one attached hydrogen (secondary N) is 1. The van der Waals surface area contributed by atoms with Gasteiger partial charge in [0.25, 0.3) is 0 Å². The molecule has 1 heterocycles. The summed E-state index contributed by atoms with van der Waals surface area (Å²) < 4.78 is 0. The summed E-state index contributed by atoms with van der Waals surface area (Å²) in [5.41, 5.74) is 0. The Bertz CT molecular complexity index is 170. The van der Waals surface area contributed by atoms with Crippen molar-refractivity contribution in [3.05, 3.63) is 12.7 Å². The lowest BCUT2D eigenvalue weighted by atomic mass is 10.0. The SMILES string of the molecule is C=CC(ON)C1CNC(=O)C1. The van der Waals surface area contributed by atoms with Crippen molar-refractivity contribution in [2.45, 2.75) is 12.5 Å². The molecule has 1 fully saturated rings. The first-order chi connectivity index (χ1) is 5.27. The molecule has 1 amide bonds. The largest absolute Gasteiger partial charge is 0.356 e. The molecule has 0 aliphatic carbocycles. The van der Waals surface area contributed by atoms with Crippen LogP contribution in [0.1, 0.15) is 6.42 Å². The number of hydrogen-bond acceptors (Lipinski definition) is 3. The number of nitrogens with two attached hydrogens (primary N) is 1. The molecule has 1 aliphatic heterocycles. The van der Waals surface area contributed by atoms with Gasteiger partial charge in [0, 0.05) is 18.9 Å². The zero-order valence-electron chi connectivity index (χ0n) is 6.25. The van der Waals surface area contributed by atoms with Crippen LogP contribution >= 0.6 is 0 Å². The summed E-state index contributed by atoms with van der Waals surface area (Å²) in [7, 11) is 0. The van der Waals surface area contributed by atoms with Gasteiger partial charge in [0.05, 0.1) is 0 Å². The van der Waals surface area contributed by atoms with E-state index >= 15 is 0 Å². The second-order valence-corrected chi connectivity index (χ2v) is 2.60. The number of amides is 1. The molecule has 0 saturated carbocycles. The summed E-state index contributed by atoms with van der Waals surface area (Å²) in [6, 6.07) is 0. The van der Waals surface area contributed by atoms with Crippen molar-refractivity contribution >= 4 is 5.91 Å². The highest BCUT2D eigenvalue weighted by Gasteiger charge is 2.27. The lowest BCUT2D eigenvalue weighted by Gasteiger charge is -2.14. The summed E-state index contributed by atoms with van der Waals surface area (Å²) in [5.74, 6) is 5.20. The fourth-order valence-corrected chi connectivity index (χ4v) is 1.22. The summed E-state index contributed by atoms with van der Waals surface area (Å²) in [6.45, 7) is 4.19. The molecule has 11 heavy (non-hydrogen) atoms. The first kappa shape index (κ1) is 8.23. The van der Waals surface area contributed by atoms with Gasteiger partial charge in [-0.1, -0.05) is 6.08 Å². The van der Waals surface area contributed by atoms with Crippen molar-refractivity contribution < 1.29 is 9.63 Å². The second kappa shape index (κ2) is 3.50. The van der Waals surface area contributed by atoms with Crippen LogP contribution in [0.4, 0.5) is 0 Å². The predicted molar refractivity (Wildman–Crippen MR) is 40.4 cm³/mol. The zero-order valence-corrected chi connectivity index (χ0v) is 6.25. The molecule has 1 saturated heterocycles. The third kappa shape index (κ3) is 1.78. The highest BCUT2D eigenvalue weighted by molar-refractivity contribution is 5.78. The van der Waals surface area contributed by atoms with Crippen molar-refractivity contribution in [3.63, 3.8) is 0 Å². The van der Waals surface area contributed by atoms with Crippen LogP contribution < -0.4 is 11.2 Å². The lowest BCUT2D eigenvalue weighted by Crippen LogP contribution is -2.26. The van der Waals surface area contributed by atoms with Gasteiger partial charge < -0.3 is 5.32 Å². The molecule has 2 unspecified atom stereocenters. The van der Waals surface area contributed by atoms with Gasteiger partial charge in [0.1, 0.15) is 6.10 Å². The van der Waals surface area contributed by atoms with Crippen molar-refractivity contribution in [2.24, 2.45) is 11.8 Å². The summed E-state index contributed by atoms with van der Waals surface area (Å²) >= 11 is 0. The molecule has 0 spiro atoms. The van der Waals surface area contributed by atoms with Gasteiger partial charge in [-0.05, 0) is 0 Å². The van der Waals surface area contributed by atoms with Gasteiger partial charge in [0.2, 0.25) is 5.91 Å². The van der Waals surface area contributed by atoms with E-state index in [1.807, 2.05) is 0 Å². The van der Waals surface area contributed by atoms with E-state index in [0.29, 0.717) is 13.0 Å². The van der Waals surface area contributed by atoms with Crippen LogP contribution in [0.5, 0.6) is 0 Å². The van der Waals surface area contributed by atoms with Crippen molar-refractivity contribution in [3.8, 4) is 0 Å². The third-order valence-corrected chi connectivity index (χ3v) is 1.86. The van der Waals surface area contributed by atoms with Crippen LogP contribution in [-0.4, -0.2) is 18.6 Å². The van der Waals surface area contributed by atoms with E-state index in [1.54, 1.807) is 6.08 Å². The van der Waals surface area contributed by atoms with E-state index in [9.17, 15) is 4.79 Å². The summed E-state index contributed by atoms with van der Waals surface area (Å²) in [6.07, 6.45) is 1.88. The van der Waals surface area contributed by atoms with Crippen LogP contribution in [-0.2, 0) is 9.63 Å². The fraction of sp³-hybridized carbons (Fsp3) is 0.571. The van der Waals surface area contributed by atoms with Gasteiger partial charge in [-0.25, -0.2) is 5.90 Å². The quantitative estimate of drug-likeness (QED) is 0.430.